The van der Waals surface area contributed by atoms with E-state index in [-0.39, 0.29) is 12.5 Å². The van der Waals surface area contributed by atoms with Crippen LogP contribution in [0.4, 0.5) is 0 Å². The standard InChI is InChI=1S/C19H29N3O3S/c1-16-6-8-18(9-7-16)14-21-11-4-12-22(26(21,24)25)15-19(23)20-10-3-5-17(2)13-20/h6-9,17H,3-5,10-15H2,1-2H3. The minimum atomic E-state index is -3.60. The van der Waals surface area contributed by atoms with Crippen LogP contribution in [0.5, 0.6) is 0 Å². The predicted molar refractivity (Wildman–Crippen MR) is 102 cm³/mol. The summed E-state index contributed by atoms with van der Waals surface area (Å²) in [5.41, 5.74) is 2.12. The zero-order chi connectivity index (χ0) is 18.7. The van der Waals surface area contributed by atoms with E-state index in [2.05, 4.69) is 6.92 Å². The molecule has 0 radical (unpaired) electrons. The molecule has 2 saturated heterocycles. The van der Waals surface area contributed by atoms with E-state index in [1.165, 1.54) is 8.61 Å². The molecule has 26 heavy (non-hydrogen) atoms. The van der Waals surface area contributed by atoms with Gasteiger partial charge in [0.15, 0.2) is 0 Å². The molecule has 0 aromatic heterocycles. The zero-order valence-corrected chi connectivity index (χ0v) is 16.5. The summed E-state index contributed by atoms with van der Waals surface area (Å²) in [6.45, 7) is 6.86. The lowest BCUT2D eigenvalue weighted by atomic mass is 10.0. The van der Waals surface area contributed by atoms with Crippen molar-refractivity contribution >= 4 is 16.1 Å². The molecule has 3 rings (SSSR count). The summed E-state index contributed by atoms with van der Waals surface area (Å²) in [7, 11) is -3.60. The molecule has 0 N–H and O–H groups in total. The number of likely N-dealkylation sites (tertiary alicyclic amines) is 1. The Bertz CT molecular complexity index is 733. The average Bonchev–Trinajstić information content (AvgIpc) is 2.60. The van der Waals surface area contributed by atoms with E-state index in [0.29, 0.717) is 25.6 Å². The van der Waals surface area contributed by atoms with Crippen molar-refractivity contribution in [2.75, 3.05) is 32.7 Å². The molecular weight excluding hydrogens is 350 g/mol. The largest absolute Gasteiger partial charge is 0.341 e. The van der Waals surface area contributed by atoms with Gasteiger partial charge in [0, 0.05) is 32.7 Å². The molecule has 2 heterocycles. The number of hydrogen-bond donors (Lipinski definition) is 0. The van der Waals surface area contributed by atoms with Crippen LogP contribution in [0.25, 0.3) is 0 Å². The Morgan fingerprint density at radius 3 is 2.46 bits per heavy atom. The molecule has 144 valence electrons. The van der Waals surface area contributed by atoms with E-state index in [9.17, 15) is 13.2 Å². The lowest BCUT2D eigenvalue weighted by molar-refractivity contribution is -0.133. The maximum atomic E-state index is 12.9. The Kier molecular flexibility index (Phi) is 5.99. The van der Waals surface area contributed by atoms with Crippen molar-refractivity contribution in [3.63, 3.8) is 0 Å². The van der Waals surface area contributed by atoms with Crippen LogP contribution in [0.1, 0.15) is 37.3 Å². The van der Waals surface area contributed by atoms with Crippen molar-refractivity contribution < 1.29 is 13.2 Å². The second-order valence-corrected chi connectivity index (χ2v) is 9.53. The Morgan fingerprint density at radius 2 is 1.77 bits per heavy atom. The molecule has 7 heteroatoms. The van der Waals surface area contributed by atoms with Gasteiger partial charge in [-0.1, -0.05) is 36.8 Å². The topological polar surface area (TPSA) is 60.9 Å². The van der Waals surface area contributed by atoms with Gasteiger partial charge in [0.25, 0.3) is 10.2 Å². The molecule has 0 saturated carbocycles. The quantitative estimate of drug-likeness (QED) is 0.804. The van der Waals surface area contributed by atoms with Crippen LogP contribution in [0.3, 0.4) is 0 Å². The number of carbonyl (C=O) groups is 1. The number of hydrogen-bond acceptors (Lipinski definition) is 3. The fourth-order valence-electron chi connectivity index (χ4n) is 3.70. The number of aryl methyl sites for hydroxylation is 1. The van der Waals surface area contributed by atoms with Gasteiger partial charge < -0.3 is 4.90 Å². The van der Waals surface area contributed by atoms with Crippen molar-refractivity contribution in [2.24, 2.45) is 5.92 Å². The number of piperidine rings is 1. The Labute approximate surface area is 157 Å². The molecule has 2 aliphatic heterocycles. The summed E-state index contributed by atoms with van der Waals surface area (Å²) in [5, 5.41) is 0. The number of amides is 1. The van der Waals surface area contributed by atoms with Crippen LogP contribution in [0.2, 0.25) is 0 Å². The molecule has 1 aromatic carbocycles. The number of carbonyl (C=O) groups excluding carboxylic acids is 1. The van der Waals surface area contributed by atoms with Crippen molar-refractivity contribution in [1.29, 1.82) is 0 Å². The molecule has 6 nitrogen and oxygen atoms in total. The van der Waals surface area contributed by atoms with Crippen LogP contribution in [-0.4, -0.2) is 60.6 Å². The number of nitrogens with zero attached hydrogens (tertiary/aromatic N) is 3. The molecule has 0 bridgehead atoms. The van der Waals surface area contributed by atoms with Gasteiger partial charge in [-0.3, -0.25) is 4.79 Å². The van der Waals surface area contributed by atoms with Gasteiger partial charge >= 0.3 is 0 Å². The summed E-state index contributed by atoms with van der Waals surface area (Å²) >= 11 is 0. The van der Waals surface area contributed by atoms with E-state index in [1.54, 1.807) is 0 Å². The van der Waals surface area contributed by atoms with Crippen LogP contribution in [0.15, 0.2) is 24.3 Å². The third kappa shape index (κ3) is 4.45. The van der Waals surface area contributed by atoms with Gasteiger partial charge in [-0.25, -0.2) is 0 Å². The molecular formula is C19H29N3O3S. The first-order valence-corrected chi connectivity index (χ1v) is 10.8. The molecule has 0 aliphatic carbocycles. The van der Waals surface area contributed by atoms with Gasteiger partial charge in [0.2, 0.25) is 5.91 Å². The van der Waals surface area contributed by atoms with Crippen molar-refractivity contribution in [2.45, 2.75) is 39.7 Å². The Hall–Kier alpha value is -1.44. The maximum absolute atomic E-state index is 12.9. The van der Waals surface area contributed by atoms with Gasteiger partial charge in [-0.05, 0) is 37.7 Å². The van der Waals surface area contributed by atoms with Crippen LogP contribution < -0.4 is 0 Å². The highest BCUT2D eigenvalue weighted by atomic mass is 32.2. The van der Waals surface area contributed by atoms with E-state index < -0.39 is 10.2 Å². The SMILES string of the molecule is Cc1ccc(CN2CCCN(CC(=O)N3CCCC(C)C3)S2(=O)=O)cc1. The van der Waals surface area contributed by atoms with E-state index in [4.69, 9.17) is 0 Å². The minimum Gasteiger partial charge on any atom is -0.341 e. The highest BCUT2D eigenvalue weighted by molar-refractivity contribution is 7.86. The van der Waals surface area contributed by atoms with Gasteiger partial charge in [-0.2, -0.15) is 17.0 Å². The third-order valence-corrected chi connectivity index (χ3v) is 7.20. The van der Waals surface area contributed by atoms with E-state index in [0.717, 1.165) is 43.5 Å². The van der Waals surface area contributed by atoms with Gasteiger partial charge in [0.1, 0.15) is 0 Å². The second kappa shape index (κ2) is 8.06. The molecule has 1 unspecified atom stereocenters. The molecule has 1 amide bonds. The molecule has 1 atom stereocenters. The lowest BCUT2D eigenvalue weighted by Crippen LogP contribution is -2.53. The minimum absolute atomic E-state index is 0.0422. The number of benzene rings is 1. The average molecular weight is 380 g/mol. The maximum Gasteiger partial charge on any atom is 0.282 e. The second-order valence-electron chi connectivity index (χ2n) is 7.60. The smallest absolute Gasteiger partial charge is 0.282 e. The van der Waals surface area contributed by atoms with Crippen LogP contribution in [-0.2, 0) is 21.5 Å². The first kappa shape index (κ1) is 19.3. The zero-order valence-electron chi connectivity index (χ0n) is 15.7. The van der Waals surface area contributed by atoms with Gasteiger partial charge in [-0.15, -0.1) is 0 Å². The monoisotopic (exact) mass is 379 g/mol. The lowest BCUT2D eigenvalue weighted by Gasteiger charge is -2.36. The highest BCUT2D eigenvalue weighted by Gasteiger charge is 2.35. The van der Waals surface area contributed by atoms with Gasteiger partial charge in [0.05, 0.1) is 6.54 Å². The fraction of sp³-hybridized carbons (Fsp3) is 0.632. The summed E-state index contributed by atoms with van der Waals surface area (Å²) < 4.78 is 28.7. The van der Waals surface area contributed by atoms with Crippen molar-refractivity contribution in [3.05, 3.63) is 35.4 Å². The summed E-state index contributed by atoms with van der Waals surface area (Å²) in [6.07, 6.45) is 2.88. The third-order valence-electron chi connectivity index (χ3n) is 5.27. The first-order valence-electron chi connectivity index (χ1n) is 9.45. The molecule has 1 aromatic rings. The summed E-state index contributed by atoms with van der Waals surface area (Å²) in [5.74, 6) is 0.418. The van der Waals surface area contributed by atoms with Crippen molar-refractivity contribution in [3.8, 4) is 0 Å². The van der Waals surface area contributed by atoms with E-state index in [1.807, 2.05) is 36.1 Å². The Morgan fingerprint density at radius 1 is 1.08 bits per heavy atom. The molecule has 0 spiro atoms. The summed E-state index contributed by atoms with van der Waals surface area (Å²) in [6, 6.07) is 7.91. The van der Waals surface area contributed by atoms with E-state index >= 15 is 0 Å². The number of rotatable bonds is 4. The Balaban J connectivity index is 1.66. The normalized spacial score (nSPS) is 24.5. The predicted octanol–water partition coefficient (Wildman–Crippen LogP) is 2.01. The highest BCUT2D eigenvalue weighted by Crippen LogP contribution is 2.21. The first-order chi connectivity index (χ1) is 12.4. The summed E-state index contributed by atoms with van der Waals surface area (Å²) in [4.78, 5) is 14.4. The molecule has 2 fully saturated rings. The molecule has 2 aliphatic rings. The van der Waals surface area contributed by atoms with Crippen LogP contribution >= 0.6 is 0 Å². The van der Waals surface area contributed by atoms with Crippen molar-refractivity contribution in [1.82, 2.24) is 13.5 Å². The van der Waals surface area contributed by atoms with Crippen LogP contribution in [0, 0.1) is 12.8 Å². The fourth-order valence-corrected chi connectivity index (χ4v) is 5.33.